The molecule has 1 aliphatic rings. The van der Waals surface area contributed by atoms with Gasteiger partial charge >= 0.3 is 6.18 Å². The molecule has 1 amide bonds. The summed E-state index contributed by atoms with van der Waals surface area (Å²) < 4.78 is 50.6. The van der Waals surface area contributed by atoms with Gasteiger partial charge in [0.25, 0.3) is 5.91 Å². The summed E-state index contributed by atoms with van der Waals surface area (Å²) in [6, 6.07) is 6.24. The molecule has 0 spiro atoms. The van der Waals surface area contributed by atoms with Crippen LogP contribution in [-0.2, 0) is 10.9 Å². The van der Waals surface area contributed by atoms with Crippen molar-refractivity contribution in [2.75, 3.05) is 13.2 Å². The molecule has 3 heterocycles. The van der Waals surface area contributed by atoms with Crippen LogP contribution in [0.2, 0.25) is 0 Å². The number of amides is 1. The van der Waals surface area contributed by atoms with Gasteiger partial charge in [0.1, 0.15) is 11.9 Å². The number of aryl methyl sites for hydroxylation is 1. The van der Waals surface area contributed by atoms with Crippen molar-refractivity contribution in [3.63, 3.8) is 0 Å². The number of nitrogens with one attached hydrogen (secondary N) is 1. The molecule has 1 N–H and O–H groups in total. The summed E-state index contributed by atoms with van der Waals surface area (Å²) in [5, 5.41) is 7.12. The molecule has 3 aromatic rings. The van der Waals surface area contributed by atoms with Gasteiger partial charge in [0.15, 0.2) is 0 Å². The molecule has 0 bridgehead atoms. The zero-order valence-electron chi connectivity index (χ0n) is 17.3. The van der Waals surface area contributed by atoms with Crippen LogP contribution in [0.3, 0.4) is 0 Å². The summed E-state index contributed by atoms with van der Waals surface area (Å²) >= 11 is 0. The topological polar surface area (TPSA) is 91.2 Å². The Morgan fingerprint density at radius 2 is 1.97 bits per heavy atom. The fourth-order valence-electron chi connectivity index (χ4n) is 3.02. The molecule has 168 valence electrons. The molecule has 4 rings (SSSR count). The number of hydrogen-bond donors (Lipinski definition) is 1. The number of ether oxygens (including phenoxy) is 2. The fourth-order valence-corrected chi connectivity index (χ4v) is 3.02. The number of alkyl halides is 3. The van der Waals surface area contributed by atoms with E-state index in [4.69, 9.17) is 9.47 Å². The highest BCUT2D eigenvalue weighted by Gasteiger charge is 2.34. The quantitative estimate of drug-likeness (QED) is 0.624. The molecule has 8 nitrogen and oxygen atoms in total. The van der Waals surface area contributed by atoms with E-state index in [2.05, 4.69) is 20.4 Å². The average Bonchev–Trinajstić information content (AvgIpc) is 3.16. The van der Waals surface area contributed by atoms with Crippen molar-refractivity contribution in [1.82, 2.24) is 25.1 Å². The summed E-state index contributed by atoms with van der Waals surface area (Å²) in [6.07, 6.45) is -0.851. The number of halogens is 3. The van der Waals surface area contributed by atoms with Crippen molar-refractivity contribution in [3.8, 4) is 11.4 Å². The fraction of sp³-hybridized carbons (Fsp3) is 0.333. The summed E-state index contributed by atoms with van der Waals surface area (Å²) in [6.45, 7) is 4.42. The summed E-state index contributed by atoms with van der Waals surface area (Å²) in [5.41, 5.74) is 2.09. The third-order valence-corrected chi connectivity index (χ3v) is 4.82. The number of benzene rings is 1. The van der Waals surface area contributed by atoms with Crippen molar-refractivity contribution in [3.05, 3.63) is 65.5 Å². The Kier molecular flexibility index (Phi) is 5.83. The van der Waals surface area contributed by atoms with Gasteiger partial charge in [-0.2, -0.15) is 18.3 Å². The van der Waals surface area contributed by atoms with Gasteiger partial charge in [0.05, 0.1) is 30.6 Å². The number of rotatable bonds is 6. The van der Waals surface area contributed by atoms with Gasteiger partial charge in [-0.1, -0.05) is 0 Å². The monoisotopic (exact) mass is 447 g/mol. The SMILES string of the molecule is Cc1ccn(-c2cc(OC3COC3)cc(C(=O)NC(C)c3cnc(C(F)(F)F)nc3)c2)n1. The highest BCUT2D eigenvalue weighted by molar-refractivity contribution is 5.95. The second-order valence-electron chi connectivity index (χ2n) is 7.43. The van der Waals surface area contributed by atoms with E-state index < -0.39 is 23.9 Å². The van der Waals surface area contributed by atoms with E-state index >= 15 is 0 Å². The number of aromatic nitrogens is 4. The van der Waals surface area contributed by atoms with Gasteiger partial charge in [0.2, 0.25) is 5.82 Å². The lowest BCUT2D eigenvalue weighted by Gasteiger charge is -2.27. The average molecular weight is 447 g/mol. The van der Waals surface area contributed by atoms with Gasteiger partial charge in [-0.05, 0) is 32.0 Å². The van der Waals surface area contributed by atoms with Crippen LogP contribution < -0.4 is 10.1 Å². The molecule has 1 atom stereocenters. The van der Waals surface area contributed by atoms with Gasteiger partial charge < -0.3 is 14.8 Å². The molecule has 1 saturated heterocycles. The maximum absolute atomic E-state index is 12.9. The molecular weight excluding hydrogens is 427 g/mol. The van der Waals surface area contributed by atoms with Gasteiger partial charge in [-0.3, -0.25) is 4.79 Å². The predicted molar refractivity (Wildman–Crippen MR) is 106 cm³/mol. The van der Waals surface area contributed by atoms with E-state index in [-0.39, 0.29) is 6.10 Å². The first-order valence-electron chi connectivity index (χ1n) is 9.81. The van der Waals surface area contributed by atoms with Crippen LogP contribution in [0.4, 0.5) is 13.2 Å². The molecule has 1 fully saturated rings. The highest BCUT2D eigenvalue weighted by Crippen LogP contribution is 2.26. The molecule has 0 saturated carbocycles. The van der Waals surface area contributed by atoms with E-state index in [1.54, 1.807) is 36.0 Å². The van der Waals surface area contributed by atoms with E-state index in [0.717, 1.165) is 18.1 Å². The predicted octanol–water partition coefficient (Wildman–Crippen LogP) is 3.26. The van der Waals surface area contributed by atoms with Gasteiger partial charge in [-0.25, -0.2) is 14.6 Å². The van der Waals surface area contributed by atoms with Crippen LogP contribution >= 0.6 is 0 Å². The van der Waals surface area contributed by atoms with E-state index in [9.17, 15) is 18.0 Å². The zero-order valence-corrected chi connectivity index (χ0v) is 17.3. The van der Waals surface area contributed by atoms with Crippen molar-refractivity contribution in [2.24, 2.45) is 0 Å². The van der Waals surface area contributed by atoms with Crippen molar-refractivity contribution >= 4 is 5.91 Å². The van der Waals surface area contributed by atoms with Crippen molar-refractivity contribution in [2.45, 2.75) is 32.2 Å². The van der Waals surface area contributed by atoms with Crippen LogP contribution in [0.25, 0.3) is 5.69 Å². The molecule has 11 heteroatoms. The molecule has 2 aromatic heterocycles. The third kappa shape index (κ3) is 4.88. The van der Waals surface area contributed by atoms with Crippen LogP contribution in [-0.4, -0.2) is 45.0 Å². The standard InChI is InChI=1S/C21H20F3N5O3/c1-12-3-4-29(28-12)16-5-14(6-17(7-16)32-18-10-31-11-18)19(30)27-13(2)15-8-25-20(26-9-15)21(22,23)24/h3-9,13,18H,10-11H2,1-2H3,(H,27,30). The first-order valence-corrected chi connectivity index (χ1v) is 9.81. The molecule has 0 radical (unpaired) electrons. The summed E-state index contributed by atoms with van der Waals surface area (Å²) in [5.74, 6) is -1.18. The van der Waals surface area contributed by atoms with Crippen LogP contribution in [0.1, 0.15) is 40.4 Å². The minimum absolute atomic E-state index is 0.0938. The molecule has 0 aliphatic carbocycles. The molecule has 1 unspecified atom stereocenters. The second-order valence-corrected chi connectivity index (χ2v) is 7.43. The molecule has 1 aliphatic heterocycles. The Morgan fingerprint density at radius 1 is 1.25 bits per heavy atom. The molecule has 32 heavy (non-hydrogen) atoms. The maximum atomic E-state index is 12.9. The van der Waals surface area contributed by atoms with Crippen LogP contribution in [0, 0.1) is 6.92 Å². The first-order chi connectivity index (χ1) is 15.2. The highest BCUT2D eigenvalue weighted by atomic mass is 19.4. The Hall–Kier alpha value is -3.47. The van der Waals surface area contributed by atoms with Gasteiger partial charge in [0, 0.05) is 35.8 Å². The van der Waals surface area contributed by atoms with E-state index in [0.29, 0.717) is 35.8 Å². The summed E-state index contributed by atoms with van der Waals surface area (Å²) in [4.78, 5) is 19.6. The third-order valence-electron chi connectivity index (χ3n) is 4.82. The zero-order chi connectivity index (χ0) is 22.9. The Balaban J connectivity index is 1.55. The van der Waals surface area contributed by atoms with Crippen molar-refractivity contribution in [1.29, 1.82) is 0 Å². The lowest BCUT2D eigenvalue weighted by molar-refractivity contribution is -0.145. The second kappa shape index (κ2) is 8.58. The molecule has 1 aromatic carbocycles. The minimum Gasteiger partial charge on any atom is -0.485 e. The van der Waals surface area contributed by atoms with Crippen LogP contribution in [0.5, 0.6) is 5.75 Å². The normalized spacial score (nSPS) is 15.2. The number of hydrogen-bond acceptors (Lipinski definition) is 6. The van der Waals surface area contributed by atoms with E-state index in [1.165, 1.54) is 0 Å². The lowest BCUT2D eigenvalue weighted by atomic mass is 10.1. The number of carbonyl (C=O) groups is 1. The largest absolute Gasteiger partial charge is 0.485 e. The van der Waals surface area contributed by atoms with Crippen molar-refractivity contribution < 1.29 is 27.4 Å². The van der Waals surface area contributed by atoms with Gasteiger partial charge in [-0.15, -0.1) is 0 Å². The Bertz CT molecular complexity index is 1110. The lowest BCUT2D eigenvalue weighted by Crippen LogP contribution is -2.38. The number of carbonyl (C=O) groups excluding carboxylic acids is 1. The number of nitrogens with zero attached hydrogens (tertiary/aromatic N) is 4. The summed E-state index contributed by atoms with van der Waals surface area (Å²) in [7, 11) is 0. The maximum Gasteiger partial charge on any atom is 0.451 e. The van der Waals surface area contributed by atoms with E-state index in [1.807, 2.05) is 13.0 Å². The Labute approximate surface area is 181 Å². The first kappa shape index (κ1) is 21.8. The van der Waals surface area contributed by atoms with Crippen LogP contribution in [0.15, 0.2) is 42.9 Å². The molecular formula is C21H20F3N5O3. The smallest absolute Gasteiger partial charge is 0.451 e. The Morgan fingerprint density at radius 3 is 2.53 bits per heavy atom. The minimum atomic E-state index is -4.63.